The van der Waals surface area contributed by atoms with E-state index in [-0.39, 0.29) is 0 Å². The number of carbonyl (C=O) groups is 1. The predicted molar refractivity (Wildman–Crippen MR) is 136 cm³/mol. The van der Waals surface area contributed by atoms with Crippen molar-refractivity contribution in [2.75, 3.05) is 24.6 Å². The lowest BCUT2D eigenvalue weighted by Crippen LogP contribution is -2.12. The van der Waals surface area contributed by atoms with Crippen molar-refractivity contribution in [2.45, 2.75) is 137 Å². The topological polar surface area (TPSA) is 37.3 Å². The summed E-state index contributed by atoms with van der Waals surface area (Å²) in [5, 5.41) is 8.27. The van der Waals surface area contributed by atoms with Gasteiger partial charge in [-0.1, -0.05) is 92.4 Å². The fourth-order valence-electron chi connectivity index (χ4n) is 3.91. The first-order chi connectivity index (χ1) is 14.0. The third-order valence-corrected chi connectivity index (χ3v) is 11.0. The summed E-state index contributed by atoms with van der Waals surface area (Å²) in [6.07, 6.45) is 26.8. The van der Waals surface area contributed by atoms with Gasteiger partial charge in [-0.25, -0.2) is 0 Å². The third-order valence-electron chi connectivity index (χ3n) is 5.94. The zero-order valence-electron chi connectivity index (χ0n) is 20.9. The molecule has 0 aromatic heterocycles. The quantitative estimate of drug-likeness (QED) is 0.154. The first-order valence-corrected chi connectivity index (χ1v) is 15.6. The molecule has 3 heteroatoms. The lowest BCUT2D eigenvalue weighted by Gasteiger charge is -2.28. The van der Waals surface area contributed by atoms with Gasteiger partial charge in [0.05, 0.1) is 24.6 Å². The fraction of sp³-hybridized carbons (Fsp3) is 0.962. The van der Waals surface area contributed by atoms with E-state index in [1.165, 1.54) is 83.5 Å². The highest BCUT2D eigenvalue weighted by molar-refractivity contribution is 7.75. The van der Waals surface area contributed by atoms with Crippen LogP contribution in [0.4, 0.5) is 0 Å². The molecule has 0 aliphatic carbocycles. The average molecular weight is 432 g/mol. The van der Waals surface area contributed by atoms with E-state index in [1.807, 2.05) is 0 Å². The Balaban J connectivity index is 0. The molecule has 0 aliphatic heterocycles. The van der Waals surface area contributed by atoms with Crippen LogP contribution in [0.5, 0.6) is 0 Å². The van der Waals surface area contributed by atoms with E-state index >= 15 is 0 Å². The molecule has 0 atom stereocenters. The van der Waals surface area contributed by atoms with Crippen LogP contribution < -0.4 is 0 Å². The van der Waals surface area contributed by atoms with E-state index in [1.54, 1.807) is 24.6 Å². The maximum atomic E-state index is 10.0. The van der Waals surface area contributed by atoms with Gasteiger partial charge in [0.25, 0.3) is 0 Å². The molecule has 0 bridgehead atoms. The monoisotopic (exact) mass is 431 g/mol. The Hall–Kier alpha value is -0.100. The molecule has 0 aromatic carbocycles. The molecule has 0 spiro atoms. The Morgan fingerprint density at radius 1 is 0.517 bits per heavy atom. The predicted octanol–water partition coefficient (Wildman–Crippen LogP) is 9.42. The summed E-state index contributed by atoms with van der Waals surface area (Å²) in [4.78, 5) is 10.0. The highest BCUT2D eigenvalue weighted by Crippen LogP contribution is 2.61. The molecule has 176 valence electrons. The minimum Gasteiger partial charge on any atom is -0.481 e. The second-order valence-corrected chi connectivity index (χ2v) is 13.4. The number of unbranched alkanes of at least 4 members (excludes halogenated alkanes) is 10. The largest absolute Gasteiger partial charge is 0.481 e. The van der Waals surface area contributed by atoms with Crippen LogP contribution in [-0.2, 0) is 4.79 Å². The van der Waals surface area contributed by atoms with Gasteiger partial charge in [-0.15, -0.1) is 0 Å². The number of rotatable bonds is 20. The molecule has 0 saturated carbocycles. The van der Waals surface area contributed by atoms with E-state index < -0.39 is 13.2 Å². The summed E-state index contributed by atoms with van der Waals surface area (Å²) in [6.45, 7) is 11.6. The molecule has 0 aliphatic rings. The average Bonchev–Trinajstić information content (AvgIpc) is 2.72. The number of aliphatic carboxylic acids is 1. The van der Waals surface area contributed by atoms with Crippen molar-refractivity contribution in [1.29, 1.82) is 0 Å². The number of hydrogen-bond acceptors (Lipinski definition) is 1. The van der Waals surface area contributed by atoms with Crippen LogP contribution >= 0.6 is 7.26 Å². The standard InChI is InChI=1S/C18H40P.C8H16O2/c1-5-9-13-14-18-19(15-10-6-2,16-11-7-3)17-12-8-4;1-2-3-4-5-6-7-8(9)10/h5-18H2,1-4H3;2-7H2,1H3,(H,9,10)/q+1;. The Morgan fingerprint density at radius 3 is 1.24 bits per heavy atom. The highest BCUT2D eigenvalue weighted by atomic mass is 31.2. The van der Waals surface area contributed by atoms with Crippen LogP contribution in [0.1, 0.15) is 137 Å². The SMILES string of the molecule is CCCCCCCC(=O)O.CCCCCC[P+](CCCC)(CCCC)CCCC. The second kappa shape index (κ2) is 24.2. The highest BCUT2D eigenvalue weighted by Gasteiger charge is 2.34. The minimum atomic E-state index is -0.670. The molecule has 0 radical (unpaired) electrons. The van der Waals surface area contributed by atoms with Gasteiger partial charge in [0.1, 0.15) is 0 Å². The van der Waals surface area contributed by atoms with Crippen LogP contribution in [0, 0.1) is 0 Å². The van der Waals surface area contributed by atoms with Crippen molar-refractivity contribution in [3.8, 4) is 0 Å². The molecule has 2 nitrogen and oxygen atoms in total. The molecule has 1 N–H and O–H groups in total. The first kappa shape index (κ1) is 31.1. The maximum Gasteiger partial charge on any atom is 0.303 e. The Bertz CT molecular complexity index is 309. The van der Waals surface area contributed by atoms with Crippen molar-refractivity contribution >= 4 is 13.2 Å². The lowest BCUT2D eigenvalue weighted by molar-refractivity contribution is -0.137. The van der Waals surface area contributed by atoms with E-state index in [4.69, 9.17) is 5.11 Å². The summed E-state index contributed by atoms with van der Waals surface area (Å²) < 4.78 is 0. The van der Waals surface area contributed by atoms with Crippen LogP contribution in [0.25, 0.3) is 0 Å². The van der Waals surface area contributed by atoms with Gasteiger partial charge < -0.3 is 5.11 Å². The zero-order chi connectivity index (χ0) is 22.2. The van der Waals surface area contributed by atoms with Crippen molar-refractivity contribution < 1.29 is 9.90 Å². The minimum absolute atomic E-state index is 0.337. The van der Waals surface area contributed by atoms with Gasteiger partial charge in [0.2, 0.25) is 0 Å². The molecular weight excluding hydrogens is 375 g/mol. The van der Waals surface area contributed by atoms with Crippen LogP contribution in [-0.4, -0.2) is 35.7 Å². The third kappa shape index (κ3) is 22.4. The fourth-order valence-corrected chi connectivity index (χ4v) is 9.10. The Labute approximate surface area is 185 Å². The van der Waals surface area contributed by atoms with E-state index in [0.717, 1.165) is 12.8 Å². The molecule has 0 heterocycles. The summed E-state index contributed by atoms with van der Waals surface area (Å²) in [6, 6.07) is 0. The van der Waals surface area contributed by atoms with Crippen LogP contribution in [0.2, 0.25) is 0 Å². The van der Waals surface area contributed by atoms with Gasteiger partial charge in [0, 0.05) is 13.7 Å². The molecule has 0 amide bonds. The molecule has 0 fully saturated rings. The van der Waals surface area contributed by atoms with E-state index in [9.17, 15) is 4.79 Å². The Kier molecular flexibility index (Phi) is 25.9. The van der Waals surface area contributed by atoms with Gasteiger partial charge in [-0.2, -0.15) is 0 Å². The maximum absolute atomic E-state index is 10.0. The van der Waals surface area contributed by atoms with E-state index in [2.05, 4.69) is 34.6 Å². The van der Waals surface area contributed by atoms with Crippen LogP contribution in [0.3, 0.4) is 0 Å². The van der Waals surface area contributed by atoms with Gasteiger partial charge >= 0.3 is 5.97 Å². The summed E-state index contributed by atoms with van der Waals surface area (Å²) >= 11 is 0. The van der Waals surface area contributed by atoms with Crippen molar-refractivity contribution in [2.24, 2.45) is 0 Å². The van der Waals surface area contributed by atoms with E-state index in [0.29, 0.717) is 6.42 Å². The summed E-state index contributed by atoms with van der Waals surface area (Å²) in [5.74, 6) is -0.670. The van der Waals surface area contributed by atoms with Gasteiger partial charge in [-0.05, 0) is 38.5 Å². The van der Waals surface area contributed by atoms with Gasteiger partial charge in [-0.3, -0.25) is 4.79 Å². The molecule has 0 saturated heterocycles. The number of carboxylic acid groups (broad SMARTS) is 1. The summed E-state index contributed by atoms with van der Waals surface area (Å²) in [7, 11) is -0.586. The molecule has 0 rings (SSSR count). The van der Waals surface area contributed by atoms with Crippen molar-refractivity contribution in [3.05, 3.63) is 0 Å². The lowest BCUT2D eigenvalue weighted by atomic mass is 10.1. The zero-order valence-corrected chi connectivity index (χ0v) is 21.8. The summed E-state index contributed by atoms with van der Waals surface area (Å²) in [5.41, 5.74) is 0. The smallest absolute Gasteiger partial charge is 0.303 e. The second-order valence-electron chi connectivity index (χ2n) is 8.92. The normalized spacial score (nSPS) is 11.2. The van der Waals surface area contributed by atoms with Crippen LogP contribution in [0.15, 0.2) is 0 Å². The molecule has 29 heavy (non-hydrogen) atoms. The van der Waals surface area contributed by atoms with Crippen molar-refractivity contribution in [3.63, 3.8) is 0 Å². The molecule has 0 unspecified atom stereocenters. The molecule has 0 aromatic rings. The Morgan fingerprint density at radius 2 is 0.862 bits per heavy atom. The number of hydrogen-bond donors (Lipinski definition) is 1. The van der Waals surface area contributed by atoms with Gasteiger partial charge in [0.15, 0.2) is 0 Å². The number of carboxylic acids is 1. The van der Waals surface area contributed by atoms with Crippen molar-refractivity contribution in [1.82, 2.24) is 0 Å². The first-order valence-electron chi connectivity index (χ1n) is 13.1. The molecular formula is C26H56O2P+.